The van der Waals surface area contributed by atoms with E-state index < -0.39 is 5.82 Å². The zero-order valence-corrected chi connectivity index (χ0v) is 16.0. The maximum absolute atomic E-state index is 14.4. The third kappa shape index (κ3) is 3.77. The third-order valence-electron chi connectivity index (χ3n) is 5.30. The number of nitrogens with zero attached hydrogens (tertiary/aromatic N) is 4. The first kappa shape index (κ1) is 18.9. The molecule has 5 nitrogen and oxygen atoms in total. The third-order valence-corrected chi connectivity index (χ3v) is 5.30. The van der Waals surface area contributed by atoms with Crippen LogP contribution in [0.1, 0.15) is 30.4 Å². The molecule has 2 aromatic carbocycles. The predicted octanol–water partition coefficient (Wildman–Crippen LogP) is 3.96. The van der Waals surface area contributed by atoms with Crippen LogP contribution in [0.5, 0.6) is 0 Å². The fourth-order valence-corrected chi connectivity index (χ4v) is 3.77. The van der Waals surface area contributed by atoms with Gasteiger partial charge in [-0.3, -0.25) is 9.36 Å². The molecule has 1 fully saturated rings. The number of aromatic nitrogens is 2. The van der Waals surface area contributed by atoms with E-state index in [1.807, 2.05) is 12.1 Å². The summed E-state index contributed by atoms with van der Waals surface area (Å²) >= 11 is 0. The number of nitriles is 1. The second-order valence-corrected chi connectivity index (χ2v) is 7.16. The van der Waals surface area contributed by atoms with Crippen molar-refractivity contribution in [1.29, 1.82) is 5.26 Å². The Morgan fingerprint density at radius 2 is 1.72 bits per heavy atom. The molecule has 0 amide bonds. The van der Waals surface area contributed by atoms with E-state index >= 15 is 0 Å². The molecular weight excluding hydrogens is 367 g/mol. The van der Waals surface area contributed by atoms with Gasteiger partial charge < -0.3 is 4.90 Å². The highest BCUT2D eigenvalue weighted by atomic mass is 19.1. The van der Waals surface area contributed by atoms with Gasteiger partial charge in [-0.15, -0.1) is 0 Å². The van der Waals surface area contributed by atoms with E-state index in [9.17, 15) is 14.4 Å². The van der Waals surface area contributed by atoms with Crippen molar-refractivity contribution < 1.29 is 4.39 Å². The molecule has 1 saturated heterocycles. The molecule has 0 atom stereocenters. The van der Waals surface area contributed by atoms with E-state index in [0.717, 1.165) is 37.9 Å². The van der Waals surface area contributed by atoms with Gasteiger partial charge >= 0.3 is 0 Å². The van der Waals surface area contributed by atoms with Crippen LogP contribution in [0.15, 0.2) is 59.5 Å². The van der Waals surface area contributed by atoms with Crippen LogP contribution in [0.4, 0.5) is 10.3 Å². The summed E-state index contributed by atoms with van der Waals surface area (Å²) in [6, 6.07) is 15.6. The lowest BCUT2D eigenvalue weighted by molar-refractivity contribution is 0.551. The molecule has 1 aliphatic heterocycles. The summed E-state index contributed by atoms with van der Waals surface area (Å²) in [4.78, 5) is 20.1. The van der Waals surface area contributed by atoms with E-state index in [0.29, 0.717) is 11.5 Å². The molecule has 1 aromatic heterocycles. The summed E-state index contributed by atoms with van der Waals surface area (Å²) in [7, 11) is 0. The summed E-state index contributed by atoms with van der Waals surface area (Å²) in [5, 5.41) is 9.44. The normalized spacial score (nSPS) is 13.9. The standard InChI is InChI=1S/C23H21FN4O/c24-21-11-5-4-10-19(21)20-15-26-23(27-12-6-1-7-13-27)28(22(20)29)16-18-9-3-2-8-17(18)14-25/h2-5,8-11,15H,1,6-7,12-13,16H2. The molecular formula is C23H21FN4O. The minimum atomic E-state index is -0.457. The summed E-state index contributed by atoms with van der Waals surface area (Å²) in [6.45, 7) is 1.86. The number of piperidine rings is 1. The molecule has 0 radical (unpaired) electrons. The van der Waals surface area contributed by atoms with E-state index in [1.54, 1.807) is 34.9 Å². The lowest BCUT2D eigenvalue weighted by atomic mass is 10.1. The predicted molar refractivity (Wildman–Crippen MR) is 110 cm³/mol. The Labute approximate surface area is 168 Å². The Morgan fingerprint density at radius 1 is 1.00 bits per heavy atom. The number of benzene rings is 2. The Kier molecular flexibility index (Phi) is 5.39. The minimum Gasteiger partial charge on any atom is -0.342 e. The monoisotopic (exact) mass is 388 g/mol. The van der Waals surface area contributed by atoms with Crippen molar-refractivity contribution in [2.75, 3.05) is 18.0 Å². The molecule has 2 heterocycles. The second kappa shape index (κ2) is 8.27. The molecule has 0 aliphatic carbocycles. The quantitative estimate of drug-likeness (QED) is 0.679. The second-order valence-electron chi connectivity index (χ2n) is 7.16. The van der Waals surface area contributed by atoms with Gasteiger partial charge in [0.25, 0.3) is 5.56 Å². The number of rotatable bonds is 4. The van der Waals surface area contributed by atoms with Crippen LogP contribution in [0, 0.1) is 17.1 Å². The van der Waals surface area contributed by atoms with Gasteiger partial charge in [0, 0.05) is 24.8 Å². The number of hydrogen-bond donors (Lipinski definition) is 0. The molecule has 0 unspecified atom stereocenters. The maximum atomic E-state index is 14.4. The first-order chi connectivity index (χ1) is 14.2. The van der Waals surface area contributed by atoms with Crippen molar-refractivity contribution in [3.63, 3.8) is 0 Å². The van der Waals surface area contributed by atoms with Gasteiger partial charge in [0.1, 0.15) is 5.82 Å². The van der Waals surface area contributed by atoms with Gasteiger partial charge in [0.05, 0.1) is 23.7 Å². The van der Waals surface area contributed by atoms with Crippen molar-refractivity contribution in [3.8, 4) is 17.2 Å². The molecule has 0 bridgehead atoms. The summed E-state index contributed by atoms with van der Waals surface area (Å²) < 4.78 is 15.9. The highest BCUT2D eigenvalue weighted by molar-refractivity contribution is 5.63. The number of halogens is 1. The van der Waals surface area contributed by atoms with Crippen molar-refractivity contribution in [1.82, 2.24) is 9.55 Å². The molecule has 146 valence electrons. The summed E-state index contributed by atoms with van der Waals surface area (Å²) in [5.74, 6) is 0.114. The SMILES string of the molecule is N#Cc1ccccc1Cn1c(N2CCCCC2)ncc(-c2ccccc2F)c1=O. The molecule has 0 N–H and O–H groups in total. The van der Waals surface area contributed by atoms with Crippen LogP contribution in [-0.4, -0.2) is 22.6 Å². The van der Waals surface area contributed by atoms with Crippen LogP contribution >= 0.6 is 0 Å². The lowest BCUT2D eigenvalue weighted by Crippen LogP contribution is -2.37. The van der Waals surface area contributed by atoms with Crippen LogP contribution in [0.3, 0.4) is 0 Å². The number of hydrogen-bond acceptors (Lipinski definition) is 4. The van der Waals surface area contributed by atoms with E-state index in [-0.39, 0.29) is 23.2 Å². The highest BCUT2D eigenvalue weighted by Crippen LogP contribution is 2.23. The molecule has 4 rings (SSSR count). The Bertz CT molecular complexity index is 1130. The lowest BCUT2D eigenvalue weighted by Gasteiger charge is -2.30. The first-order valence-electron chi connectivity index (χ1n) is 9.76. The largest absolute Gasteiger partial charge is 0.342 e. The minimum absolute atomic E-state index is 0.212. The maximum Gasteiger partial charge on any atom is 0.263 e. The van der Waals surface area contributed by atoms with Crippen molar-refractivity contribution in [3.05, 3.63) is 82.0 Å². The smallest absolute Gasteiger partial charge is 0.263 e. The molecule has 6 heteroatoms. The summed E-state index contributed by atoms with van der Waals surface area (Å²) in [6.07, 6.45) is 4.71. The zero-order valence-electron chi connectivity index (χ0n) is 16.0. The van der Waals surface area contributed by atoms with Gasteiger partial charge in [0.2, 0.25) is 5.95 Å². The molecule has 29 heavy (non-hydrogen) atoms. The fraction of sp³-hybridized carbons (Fsp3) is 0.261. The van der Waals surface area contributed by atoms with Crippen LogP contribution in [0.25, 0.3) is 11.1 Å². The van der Waals surface area contributed by atoms with E-state index in [1.165, 1.54) is 12.3 Å². The van der Waals surface area contributed by atoms with Crippen molar-refractivity contribution in [2.45, 2.75) is 25.8 Å². The highest BCUT2D eigenvalue weighted by Gasteiger charge is 2.21. The Hall–Kier alpha value is -3.46. The number of anilines is 1. The van der Waals surface area contributed by atoms with Crippen LogP contribution in [0.2, 0.25) is 0 Å². The fourth-order valence-electron chi connectivity index (χ4n) is 3.77. The average Bonchev–Trinajstić information content (AvgIpc) is 2.77. The Balaban J connectivity index is 1.87. The topological polar surface area (TPSA) is 61.9 Å². The molecule has 0 saturated carbocycles. The van der Waals surface area contributed by atoms with Gasteiger partial charge in [-0.25, -0.2) is 9.37 Å². The summed E-state index contributed by atoms with van der Waals surface area (Å²) in [5.41, 5.74) is 1.40. The van der Waals surface area contributed by atoms with Gasteiger partial charge in [-0.1, -0.05) is 36.4 Å². The van der Waals surface area contributed by atoms with E-state index in [2.05, 4.69) is 16.0 Å². The first-order valence-corrected chi connectivity index (χ1v) is 9.76. The average molecular weight is 388 g/mol. The van der Waals surface area contributed by atoms with Crippen molar-refractivity contribution in [2.24, 2.45) is 0 Å². The van der Waals surface area contributed by atoms with Gasteiger partial charge in [-0.2, -0.15) is 5.26 Å². The zero-order chi connectivity index (χ0) is 20.2. The van der Waals surface area contributed by atoms with Gasteiger partial charge in [-0.05, 0) is 37.0 Å². The molecule has 3 aromatic rings. The van der Waals surface area contributed by atoms with Gasteiger partial charge in [0.15, 0.2) is 0 Å². The van der Waals surface area contributed by atoms with E-state index in [4.69, 9.17) is 0 Å². The van der Waals surface area contributed by atoms with Crippen LogP contribution < -0.4 is 10.5 Å². The van der Waals surface area contributed by atoms with Crippen molar-refractivity contribution >= 4 is 5.95 Å². The Morgan fingerprint density at radius 3 is 2.48 bits per heavy atom. The van der Waals surface area contributed by atoms with Crippen LogP contribution in [-0.2, 0) is 6.54 Å². The molecule has 0 spiro atoms. The molecule has 1 aliphatic rings.